The van der Waals surface area contributed by atoms with Crippen molar-refractivity contribution < 1.29 is 9.84 Å². The number of hydrogen-bond acceptors (Lipinski definition) is 5. The first-order valence-corrected chi connectivity index (χ1v) is 6.99. The summed E-state index contributed by atoms with van der Waals surface area (Å²) >= 11 is 1.25. The summed E-state index contributed by atoms with van der Waals surface area (Å²) in [5.74, 6) is 1.51. The molecule has 0 radical (unpaired) electrons. The molecule has 5 heteroatoms. The summed E-state index contributed by atoms with van der Waals surface area (Å²) in [6.45, 7) is 6.30. The zero-order valence-electron chi connectivity index (χ0n) is 11.4. The fourth-order valence-corrected chi connectivity index (χ4v) is 2.31. The Labute approximate surface area is 117 Å². The van der Waals surface area contributed by atoms with Crippen LogP contribution < -0.4 is 4.74 Å². The van der Waals surface area contributed by atoms with Crippen LogP contribution in [0.1, 0.15) is 32.2 Å². The van der Waals surface area contributed by atoms with Gasteiger partial charge >= 0.3 is 0 Å². The molecule has 0 unspecified atom stereocenters. The van der Waals surface area contributed by atoms with Gasteiger partial charge in [-0.3, -0.25) is 0 Å². The monoisotopic (exact) mass is 278 g/mol. The molecule has 0 aliphatic heterocycles. The minimum atomic E-state index is -0.0806. The summed E-state index contributed by atoms with van der Waals surface area (Å²) < 4.78 is 10.1. The smallest absolute Gasteiger partial charge is 0.298 e. The van der Waals surface area contributed by atoms with E-state index >= 15 is 0 Å². The van der Waals surface area contributed by atoms with Gasteiger partial charge < -0.3 is 9.84 Å². The van der Waals surface area contributed by atoms with Gasteiger partial charge in [-0.1, -0.05) is 39.0 Å². The highest BCUT2D eigenvalue weighted by molar-refractivity contribution is 7.07. The maximum absolute atomic E-state index is 9.04. The first kappa shape index (κ1) is 14.0. The molecule has 0 amide bonds. The van der Waals surface area contributed by atoms with E-state index in [-0.39, 0.29) is 12.0 Å². The van der Waals surface area contributed by atoms with Crippen molar-refractivity contribution in [3.05, 3.63) is 35.7 Å². The highest BCUT2D eigenvalue weighted by Gasteiger charge is 2.20. The number of ether oxygens (including phenoxy) is 1. The Balaban J connectivity index is 2.19. The predicted octanol–water partition coefficient (Wildman–Crippen LogP) is 3.16. The van der Waals surface area contributed by atoms with Crippen LogP contribution in [0.25, 0.3) is 0 Å². The van der Waals surface area contributed by atoms with E-state index < -0.39 is 0 Å². The van der Waals surface area contributed by atoms with Crippen molar-refractivity contribution in [1.29, 1.82) is 0 Å². The quantitative estimate of drug-likeness (QED) is 0.933. The average Bonchev–Trinajstić information content (AvgIpc) is 2.80. The normalized spacial score (nSPS) is 11.6. The second kappa shape index (κ2) is 5.67. The summed E-state index contributed by atoms with van der Waals surface area (Å²) in [6.07, 6.45) is 0.571. The molecule has 19 heavy (non-hydrogen) atoms. The van der Waals surface area contributed by atoms with Crippen molar-refractivity contribution in [3.8, 4) is 10.9 Å². The van der Waals surface area contributed by atoms with E-state index in [9.17, 15) is 0 Å². The summed E-state index contributed by atoms with van der Waals surface area (Å²) in [6, 6.07) is 7.65. The lowest BCUT2D eigenvalue weighted by atomic mass is 9.96. The third-order valence-corrected chi connectivity index (χ3v) is 3.22. The SMILES string of the molecule is CC(C)(C)c1nsc(Oc2ccccc2CCO)n1. The van der Waals surface area contributed by atoms with Crippen LogP contribution in [0, 0.1) is 0 Å². The van der Waals surface area contributed by atoms with Crippen molar-refractivity contribution in [2.75, 3.05) is 6.61 Å². The molecule has 0 saturated heterocycles. The second-order valence-corrected chi connectivity index (χ2v) is 6.03. The highest BCUT2D eigenvalue weighted by atomic mass is 32.1. The third kappa shape index (κ3) is 3.52. The number of aliphatic hydroxyl groups excluding tert-OH is 1. The first-order valence-electron chi connectivity index (χ1n) is 6.21. The molecular weight excluding hydrogens is 260 g/mol. The van der Waals surface area contributed by atoms with Crippen LogP contribution in [0.15, 0.2) is 24.3 Å². The van der Waals surface area contributed by atoms with Crippen LogP contribution in [-0.2, 0) is 11.8 Å². The van der Waals surface area contributed by atoms with Crippen molar-refractivity contribution in [2.45, 2.75) is 32.6 Å². The van der Waals surface area contributed by atoms with Gasteiger partial charge in [-0.25, -0.2) is 0 Å². The summed E-state index contributed by atoms with van der Waals surface area (Å²) in [7, 11) is 0. The molecule has 1 aromatic carbocycles. The van der Waals surface area contributed by atoms with Crippen molar-refractivity contribution in [2.24, 2.45) is 0 Å². The molecule has 0 saturated carbocycles. The van der Waals surface area contributed by atoms with Gasteiger partial charge in [-0.05, 0) is 18.1 Å². The van der Waals surface area contributed by atoms with Crippen LogP contribution in [-0.4, -0.2) is 21.1 Å². The fourth-order valence-electron chi connectivity index (χ4n) is 1.58. The second-order valence-electron chi connectivity index (χ2n) is 5.32. The van der Waals surface area contributed by atoms with E-state index in [4.69, 9.17) is 9.84 Å². The zero-order valence-corrected chi connectivity index (χ0v) is 12.2. The van der Waals surface area contributed by atoms with Gasteiger partial charge in [0.05, 0.1) is 0 Å². The van der Waals surface area contributed by atoms with Gasteiger partial charge in [-0.15, -0.1) is 0 Å². The molecule has 0 aliphatic rings. The molecule has 0 atom stereocenters. The Morgan fingerprint density at radius 3 is 2.63 bits per heavy atom. The molecular formula is C14H18N2O2S. The standard InChI is InChI=1S/C14H18N2O2S/c1-14(2,3)12-15-13(19-16-12)18-11-7-5-4-6-10(11)8-9-17/h4-7,17H,8-9H2,1-3H3. The Morgan fingerprint density at radius 2 is 2.00 bits per heavy atom. The van der Waals surface area contributed by atoms with Crippen molar-refractivity contribution in [1.82, 2.24) is 9.36 Å². The Hall–Kier alpha value is -1.46. The Morgan fingerprint density at radius 1 is 1.26 bits per heavy atom. The average molecular weight is 278 g/mol. The van der Waals surface area contributed by atoms with Crippen molar-refractivity contribution >= 4 is 11.5 Å². The highest BCUT2D eigenvalue weighted by Crippen LogP contribution is 2.29. The molecule has 2 aromatic rings. The van der Waals surface area contributed by atoms with Gasteiger partial charge in [0.1, 0.15) is 5.75 Å². The van der Waals surface area contributed by atoms with Gasteiger partial charge in [0.2, 0.25) is 0 Å². The number of aromatic nitrogens is 2. The van der Waals surface area contributed by atoms with E-state index in [1.54, 1.807) is 0 Å². The predicted molar refractivity (Wildman–Crippen MR) is 75.9 cm³/mol. The van der Waals surface area contributed by atoms with Crippen molar-refractivity contribution in [3.63, 3.8) is 0 Å². The van der Waals surface area contributed by atoms with Crippen LogP contribution in [0.2, 0.25) is 0 Å². The molecule has 1 aromatic heterocycles. The summed E-state index contributed by atoms with van der Waals surface area (Å²) in [5.41, 5.74) is 0.889. The van der Waals surface area contributed by atoms with Gasteiger partial charge in [-0.2, -0.15) is 9.36 Å². The number of nitrogens with zero attached hydrogens (tertiary/aromatic N) is 2. The molecule has 2 rings (SSSR count). The minimum absolute atomic E-state index is 0.0806. The lowest BCUT2D eigenvalue weighted by Crippen LogP contribution is -2.12. The van der Waals surface area contributed by atoms with Gasteiger partial charge in [0, 0.05) is 23.6 Å². The summed E-state index contributed by atoms with van der Waals surface area (Å²) in [5, 5.41) is 9.58. The van der Waals surface area contributed by atoms with Crippen LogP contribution >= 0.6 is 11.5 Å². The zero-order chi connectivity index (χ0) is 13.9. The maximum atomic E-state index is 9.04. The molecule has 1 N–H and O–H groups in total. The lowest BCUT2D eigenvalue weighted by Gasteiger charge is -2.12. The lowest BCUT2D eigenvalue weighted by molar-refractivity contribution is 0.298. The molecule has 102 valence electrons. The summed E-state index contributed by atoms with van der Waals surface area (Å²) in [4.78, 5) is 4.40. The molecule has 0 bridgehead atoms. The van der Waals surface area contributed by atoms with Gasteiger partial charge in [0.25, 0.3) is 5.19 Å². The van der Waals surface area contributed by atoms with Crippen LogP contribution in [0.3, 0.4) is 0 Å². The van der Waals surface area contributed by atoms with E-state index in [2.05, 4.69) is 30.1 Å². The first-order chi connectivity index (χ1) is 9.00. The largest absolute Gasteiger partial charge is 0.430 e. The minimum Gasteiger partial charge on any atom is -0.430 e. The molecule has 0 spiro atoms. The third-order valence-electron chi connectivity index (χ3n) is 2.63. The van der Waals surface area contributed by atoms with E-state index in [0.717, 1.165) is 17.1 Å². The Kier molecular flexibility index (Phi) is 4.17. The topological polar surface area (TPSA) is 55.2 Å². The molecule has 4 nitrogen and oxygen atoms in total. The number of benzene rings is 1. The number of hydrogen-bond donors (Lipinski definition) is 1. The van der Waals surface area contributed by atoms with E-state index in [1.165, 1.54) is 11.5 Å². The van der Waals surface area contributed by atoms with Crippen LogP contribution in [0.5, 0.6) is 10.9 Å². The van der Waals surface area contributed by atoms with E-state index in [0.29, 0.717) is 11.6 Å². The van der Waals surface area contributed by atoms with E-state index in [1.807, 2.05) is 24.3 Å². The number of para-hydroxylation sites is 1. The van der Waals surface area contributed by atoms with Gasteiger partial charge in [0.15, 0.2) is 5.82 Å². The number of rotatable bonds is 4. The fraction of sp³-hybridized carbons (Fsp3) is 0.429. The molecule has 0 fully saturated rings. The Bertz CT molecular complexity index is 546. The maximum Gasteiger partial charge on any atom is 0.298 e. The van der Waals surface area contributed by atoms with Crippen LogP contribution in [0.4, 0.5) is 0 Å². The molecule has 0 aliphatic carbocycles. The number of aliphatic hydroxyl groups is 1. The molecule has 1 heterocycles.